The minimum Gasteiger partial charge on any atom is -0.469 e. The van der Waals surface area contributed by atoms with Gasteiger partial charge in [0.15, 0.2) is 19.9 Å². The molecular formula is C24H43FO5Si. The van der Waals surface area contributed by atoms with Crippen molar-refractivity contribution < 1.29 is 28.2 Å². The topological polar surface area (TPSA) is 72.8 Å². The summed E-state index contributed by atoms with van der Waals surface area (Å²) < 4.78 is 25.6. The number of unbranched alkanes of at least 4 members (excludes halogenated alkanes) is 7. The minimum atomic E-state index is -2.11. The Balaban J connectivity index is 2.81. The maximum atomic E-state index is 14.5. The van der Waals surface area contributed by atoms with Crippen LogP contribution in [0.2, 0.25) is 19.6 Å². The number of esters is 1. The van der Waals surface area contributed by atoms with Gasteiger partial charge in [-0.15, -0.1) is 0 Å². The molecule has 1 aliphatic rings. The molecule has 7 heteroatoms. The number of ether oxygens (including phenoxy) is 1. The van der Waals surface area contributed by atoms with Crippen molar-refractivity contribution in [3.8, 4) is 0 Å². The molecule has 1 rings (SSSR count). The number of halogens is 1. The Kier molecular flexibility index (Phi) is 12.2. The number of hydrogen-bond acceptors (Lipinski definition) is 5. The van der Waals surface area contributed by atoms with Crippen molar-refractivity contribution in [2.75, 3.05) is 7.11 Å². The van der Waals surface area contributed by atoms with Crippen LogP contribution in [0.25, 0.3) is 0 Å². The van der Waals surface area contributed by atoms with Gasteiger partial charge >= 0.3 is 5.97 Å². The number of hydrogen-bond donors (Lipinski definition) is 1. The molecule has 1 aliphatic carbocycles. The highest BCUT2D eigenvalue weighted by Gasteiger charge is 2.53. The van der Waals surface area contributed by atoms with E-state index in [9.17, 15) is 19.1 Å². The van der Waals surface area contributed by atoms with E-state index >= 15 is 0 Å². The number of carbonyl (C=O) groups excluding carboxylic acids is 2. The van der Waals surface area contributed by atoms with Gasteiger partial charge in [0.25, 0.3) is 0 Å². The first-order valence-corrected chi connectivity index (χ1v) is 15.3. The fraction of sp³-hybridized carbons (Fsp3) is 0.833. The number of carbonyl (C=O) groups is 2. The summed E-state index contributed by atoms with van der Waals surface area (Å²) in [6.07, 6.45) is 10.3. The molecule has 3 unspecified atom stereocenters. The Morgan fingerprint density at radius 3 is 2.35 bits per heavy atom. The third kappa shape index (κ3) is 9.54. The first kappa shape index (κ1) is 28.0. The van der Waals surface area contributed by atoms with Crippen LogP contribution < -0.4 is 0 Å². The summed E-state index contributed by atoms with van der Waals surface area (Å²) in [5.41, 5.74) is -1.05. The first-order chi connectivity index (χ1) is 14.6. The van der Waals surface area contributed by atoms with Crippen molar-refractivity contribution in [3.63, 3.8) is 0 Å². The second kappa shape index (κ2) is 13.5. The Morgan fingerprint density at radius 1 is 1.13 bits per heavy atom. The number of rotatable bonds is 16. The van der Waals surface area contributed by atoms with E-state index in [2.05, 4.69) is 11.7 Å². The van der Waals surface area contributed by atoms with Gasteiger partial charge in [-0.05, 0) is 45.0 Å². The molecule has 0 spiro atoms. The van der Waals surface area contributed by atoms with Crippen molar-refractivity contribution in [2.24, 2.45) is 5.92 Å². The number of aliphatic hydroxyl groups is 1. The summed E-state index contributed by atoms with van der Waals surface area (Å²) in [5.74, 6) is -2.56. The number of Topliss-reactive ketones (excluding diaryl/α,β-unsaturated/α-hetero) is 1. The van der Waals surface area contributed by atoms with Gasteiger partial charge in [-0.1, -0.05) is 58.3 Å². The lowest BCUT2D eigenvalue weighted by atomic mass is 9.80. The lowest BCUT2D eigenvalue weighted by Gasteiger charge is -2.41. The molecule has 5 nitrogen and oxygen atoms in total. The zero-order valence-corrected chi connectivity index (χ0v) is 21.2. The molecule has 180 valence electrons. The van der Waals surface area contributed by atoms with E-state index in [4.69, 9.17) is 4.43 Å². The number of aliphatic hydroxyl groups excluding tert-OH is 1. The molecule has 0 aliphatic heterocycles. The quantitative estimate of drug-likeness (QED) is 0.178. The van der Waals surface area contributed by atoms with Gasteiger partial charge in [0.05, 0.1) is 24.7 Å². The SMILES string of the molecule is CCCCCCCCC1(O[Si](C)(C)C)C=C(F)C(=O)C1C(O)CCCCCC(=O)OC. The van der Waals surface area contributed by atoms with Gasteiger partial charge in [0, 0.05) is 6.42 Å². The summed E-state index contributed by atoms with van der Waals surface area (Å²) in [4.78, 5) is 23.9. The second-order valence-corrected chi connectivity index (χ2v) is 14.2. The molecule has 0 heterocycles. The van der Waals surface area contributed by atoms with Crippen molar-refractivity contribution in [1.29, 1.82) is 0 Å². The van der Waals surface area contributed by atoms with E-state index in [1.165, 1.54) is 32.4 Å². The third-order valence-electron chi connectivity index (χ3n) is 5.83. The van der Waals surface area contributed by atoms with Crippen molar-refractivity contribution >= 4 is 20.1 Å². The molecule has 0 radical (unpaired) electrons. The number of methoxy groups -OCH3 is 1. The Labute approximate surface area is 188 Å². The predicted octanol–water partition coefficient (Wildman–Crippen LogP) is 5.86. The first-order valence-electron chi connectivity index (χ1n) is 11.9. The summed E-state index contributed by atoms with van der Waals surface area (Å²) >= 11 is 0. The largest absolute Gasteiger partial charge is 0.469 e. The zero-order valence-electron chi connectivity index (χ0n) is 20.2. The molecule has 0 saturated carbocycles. The van der Waals surface area contributed by atoms with Gasteiger partial charge in [0.1, 0.15) is 0 Å². The maximum absolute atomic E-state index is 14.5. The van der Waals surface area contributed by atoms with Crippen LogP contribution in [0, 0.1) is 5.92 Å². The molecule has 0 aromatic carbocycles. The predicted molar refractivity (Wildman–Crippen MR) is 124 cm³/mol. The van der Waals surface area contributed by atoms with Crippen LogP contribution in [-0.4, -0.2) is 44.0 Å². The van der Waals surface area contributed by atoms with Crippen LogP contribution in [0.1, 0.15) is 84.0 Å². The highest BCUT2D eigenvalue weighted by atomic mass is 28.4. The fourth-order valence-electron chi connectivity index (χ4n) is 4.44. The van der Waals surface area contributed by atoms with E-state index in [1.807, 2.05) is 19.6 Å². The molecule has 0 bridgehead atoms. The van der Waals surface area contributed by atoms with Gasteiger partial charge in [-0.25, -0.2) is 4.39 Å². The van der Waals surface area contributed by atoms with Gasteiger partial charge < -0.3 is 14.3 Å². The minimum absolute atomic E-state index is 0.251. The Morgan fingerprint density at radius 2 is 1.74 bits per heavy atom. The van der Waals surface area contributed by atoms with Crippen LogP contribution in [0.5, 0.6) is 0 Å². The number of ketones is 1. The average Bonchev–Trinajstić information content (AvgIpc) is 2.92. The Bertz CT molecular complexity index is 601. The van der Waals surface area contributed by atoms with E-state index in [0.717, 1.165) is 25.7 Å². The van der Waals surface area contributed by atoms with Gasteiger partial charge in [-0.2, -0.15) is 0 Å². The monoisotopic (exact) mass is 458 g/mol. The van der Waals surface area contributed by atoms with E-state index in [-0.39, 0.29) is 5.97 Å². The van der Waals surface area contributed by atoms with Gasteiger partial charge in [0.2, 0.25) is 0 Å². The molecule has 0 fully saturated rings. The average molecular weight is 459 g/mol. The van der Waals surface area contributed by atoms with E-state index in [0.29, 0.717) is 32.1 Å². The summed E-state index contributed by atoms with van der Waals surface area (Å²) in [5, 5.41) is 10.9. The molecule has 3 atom stereocenters. The van der Waals surface area contributed by atoms with Crippen LogP contribution >= 0.6 is 0 Å². The van der Waals surface area contributed by atoms with Gasteiger partial charge in [-0.3, -0.25) is 9.59 Å². The molecule has 0 saturated heterocycles. The molecule has 0 aromatic rings. The molecule has 31 heavy (non-hydrogen) atoms. The summed E-state index contributed by atoms with van der Waals surface area (Å²) in [6.45, 7) is 8.26. The lowest BCUT2D eigenvalue weighted by Crippen LogP contribution is -2.50. The highest BCUT2D eigenvalue weighted by molar-refractivity contribution is 6.69. The third-order valence-corrected chi connectivity index (χ3v) is 6.82. The molecule has 1 N–H and O–H groups in total. The van der Waals surface area contributed by atoms with Crippen molar-refractivity contribution in [3.05, 3.63) is 11.9 Å². The van der Waals surface area contributed by atoms with E-state index in [1.54, 1.807) is 0 Å². The van der Waals surface area contributed by atoms with E-state index < -0.39 is 37.6 Å². The van der Waals surface area contributed by atoms with Crippen LogP contribution in [0.4, 0.5) is 4.39 Å². The zero-order chi connectivity index (χ0) is 23.5. The molecular weight excluding hydrogens is 415 g/mol. The molecule has 0 amide bonds. The molecule has 0 aromatic heterocycles. The summed E-state index contributed by atoms with van der Waals surface area (Å²) in [7, 11) is -0.747. The summed E-state index contributed by atoms with van der Waals surface area (Å²) in [6, 6.07) is 0. The van der Waals surface area contributed by atoms with Crippen LogP contribution in [0.15, 0.2) is 11.9 Å². The normalized spacial score (nSPS) is 22.5. The highest BCUT2D eigenvalue weighted by Crippen LogP contribution is 2.44. The van der Waals surface area contributed by atoms with Crippen LogP contribution in [-0.2, 0) is 18.8 Å². The van der Waals surface area contributed by atoms with Crippen molar-refractivity contribution in [1.82, 2.24) is 0 Å². The fourth-order valence-corrected chi connectivity index (χ4v) is 5.87. The smallest absolute Gasteiger partial charge is 0.305 e. The number of allylic oxidation sites excluding steroid dienone is 1. The van der Waals surface area contributed by atoms with Crippen LogP contribution in [0.3, 0.4) is 0 Å². The Hall–Kier alpha value is -1.05. The second-order valence-electron chi connectivity index (χ2n) is 9.76. The van der Waals surface area contributed by atoms with Crippen molar-refractivity contribution in [2.45, 2.75) is 115 Å². The lowest BCUT2D eigenvalue weighted by molar-refractivity contribution is -0.140. The standard InChI is InChI=1S/C24H43FO5Si/c1-6-7-8-9-10-14-17-24(30-31(3,4)5)18-19(25)23(28)22(24)20(26)15-12-11-13-16-21(27)29-2/h18,20,22,26H,6-17H2,1-5H3. The maximum Gasteiger partial charge on any atom is 0.305 e.